The zero-order valence-corrected chi connectivity index (χ0v) is 5.27. The van der Waals surface area contributed by atoms with Gasteiger partial charge in [-0.15, -0.1) is 0 Å². The van der Waals surface area contributed by atoms with Crippen molar-refractivity contribution >= 4 is 12.3 Å². The van der Waals surface area contributed by atoms with Crippen molar-refractivity contribution in [1.29, 1.82) is 0 Å². The van der Waals surface area contributed by atoms with Gasteiger partial charge in [0, 0.05) is 6.61 Å². The van der Waals surface area contributed by atoms with Crippen LogP contribution in [-0.4, -0.2) is 34.2 Å². The molecule has 0 amide bonds. The molecule has 0 aromatic heterocycles. The number of aliphatic hydroxyl groups excluding tert-OH is 1. The Labute approximate surface area is 56.7 Å². The van der Waals surface area contributed by atoms with Gasteiger partial charge in [-0.2, -0.15) is 0 Å². The van der Waals surface area contributed by atoms with E-state index in [0.29, 0.717) is 0 Å². The van der Waals surface area contributed by atoms with Crippen LogP contribution in [0.2, 0.25) is 0 Å². The summed E-state index contributed by atoms with van der Waals surface area (Å²) >= 11 is 0. The molecule has 10 heavy (non-hydrogen) atoms. The lowest BCUT2D eigenvalue weighted by Gasteiger charge is -1.84. The fourth-order valence-electron chi connectivity index (χ4n) is 0.0747. The number of rotatable bonds is 0. The Kier molecular flexibility index (Phi) is 8.85. The highest BCUT2D eigenvalue weighted by atomic mass is 16.7. The molecule has 0 bridgehead atoms. The first-order valence-corrected chi connectivity index (χ1v) is 2.29. The molecule has 3 N–H and O–H groups in total. The van der Waals surface area contributed by atoms with Gasteiger partial charge >= 0.3 is 12.3 Å². The zero-order valence-electron chi connectivity index (χ0n) is 5.27. The minimum atomic E-state index is -1.81. The Morgan fingerprint density at radius 2 is 1.50 bits per heavy atom. The molecule has 60 valence electrons. The molecule has 0 aliphatic carbocycles. The summed E-state index contributed by atoms with van der Waals surface area (Å²) in [5, 5.41) is 22.5. The van der Waals surface area contributed by atoms with Gasteiger partial charge in [0.15, 0.2) is 0 Å². The van der Waals surface area contributed by atoms with Crippen LogP contribution in [0.15, 0.2) is 0 Å². The lowest BCUT2D eigenvalue weighted by Crippen LogP contribution is -2.05. The molecule has 6 nitrogen and oxygen atoms in total. The number of hydrogen-bond acceptors (Lipinski definition) is 4. The van der Waals surface area contributed by atoms with E-state index in [9.17, 15) is 9.59 Å². The monoisotopic (exact) mass is 152 g/mol. The summed E-state index contributed by atoms with van der Waals surface area (Å²) < 4.78 is 3.08. The van der Waals surface area contributed by atoms with Crippen LogP contribution >= 0.6 is 0 Å². The first kappa shape index (κ1) is 11.5. The van der Waals surface area contributed by atoms with Crippen molar-refractivity contribution in [1.82, 2.24) is 0 Å². The van der Waals surface area contributed by atoms with Crippen LogP contribution in [0.3, 0.4) is 0 Å². The van der Waals surface area contributed by atoms with Gasteiger partial charge in [-0.05, 0) is 6.92 Å². The molecule has 0 aromatic rings. The number of aliphatic hydroxyl groups is 1. The van der Waals surface area contributed by atoms with Crippen LogP contribution in [-0.2, 0) is 4.74 Å². The van der Waals surface area contributed by atoms with Crippen LogP contribution in [0.25, 0.3) is 0 Å². The molecule has 0 saturated heterocycles. The van der Waals surface area contributed by atoms with E-state index >= 15 is 0 Å². The maximum absolute atomic E-state index is 9.21. The van der Waals surface area contributed by atoms with E-state index in [1.165, 1.54) is 0 Å². The van der Waals surface area contributed by atoms with Crippen LogP contribution in [0.4, 0.5) is 9.59 Å². The molecule has 0 fully saturated rings. The zero-order chi connectivity index (χ0) is 8.57. The average Bonchev–Trinajstić information content (AvgIpc) is 1.62. The van der Waals surface area contributed by atoms with Crippen molar-refractivity contribution in [3.05, 3.63) is 0 Å². The number of carboxylic acid groups (broad SMARTS) is 2. The standard InChI is InChI=1S/C2H2O5.C2H6O/c3-1(4)7-2(5)6;1-2-3/h(H,3,4)(H,5,6);3H,2H2,1H3. The normalized spacial score (nSPS) is 7.00. The fourth-order valence-corrected chi connectivity index (χ4v) is 0.0747. The van der Waals surface area contributed by atoms with E-state index in [4.69, 9.17) is 15.3 Å². The fraction of sp³-hybridized carbons (Fsp3) is 0.500. The molecule has 0 saturated carbocycles. The second-order valence-corrected chi connectivity index (χ2v) is 0.950. The number of hydrogen-bond donors (Lipinski definition) is 3. The largest absolute Gasteiger partial charge is 0.516 e. The topological polar surface area (TPSA) is 104 Å². The van der Waals surface area contributed by atoms with Gasteiger partial charge in [-0.1, -0.05) is 0 Å². The van der Waals surface area contributed by atoms with E-state index in [1.54, 1.807) is 6.92 Å². The van der Waals surface area contributed by atoms with Gasteiger partial charge in [0.25, 0.3) is 0 Å². The Balaban J connectivity index is 0. The van der Waals surface area contributed by atoms with Crippen molar-refractivity contribution in [3.8, 4) is 0 Å². The molecule has 0 atom stereocenters. The van der Waals surface area contributed by atoms with Gasteiger partial charge in [0.1, 0.15) is 0 Å². The Morgan fingerprint density at radius 3 is 1.50 bits per heavy atom. The second-order valence-electron chi connectivity index (χ2n) is 0.950. The third kappa shape index (κ3) is 29.9. The third-order valence-electron chi connectivity index (χ3n) is 0.175. The smallest absolute Gasteiger partial charge is 0.449 e. The van der Waals surface area contributed by atoms with Crippen molar-refractivity contribution in [2.24, 2.45) is 0 Å². The summed E-state index contributed by atoms with van der Waals surface area (Å²) in [6, 6.07) is 0. The van der Waals surface area contributed by atoms with Crippen LogP contribution in [0.1, 0.15) is 6.92 Å². The SMILES string of the molecule is CCO.O=C(O)OC(=O)O. The predicted molar refractivity (Wildman–Crippen MR) is 29.9 cm³/mol. The summed E-state index contributed by atoms with van der Waals surface area (Å²) in [4.78, 5) is 18.4. The second kappa shape index (κ2) is 7.70. The van der Waals surface area contributed by atoms with E-state index in [0.717, 1.165) is 0 Å². The Morgan fingerprint density at radius 1 is 1.30 bits per heavy atom. The van der Waals surface area contributed by atoms with Crippen LogP contribution in [0.5, 0.6) is 0 Å². The number of carbonyl (C=O) groups is 2. The highest BCUT2D eigenvalue weighted by Crippen LogP contribution is 1.73. The third-order valence-corrected chi connectivity index (χ3v) is 0.175. The molecule has 0 aliphatic heterocycles. The van der Waals surface area contributed by atoms with Crippen molar-refractivity contribution in [2.45, 2.75) is 6.92 Å². The van der Waals surface area contributed by atoms with E-state index < -0.39 is 12.3 Å². The van der Waals surface area contributed by atoms with Crippen molar-refractivity contribution in [2.75, 3.05) is 6.61 Å². The lowest BCUT2D eigenvalue weighted by atomic mass is 10.9. The summed E-state index contributed by atoms with van der Waals surface area (Å²) in [6.07, 6.45) is -3.62. The predicted octanol–water partition coefficient (Wildman–Crippen LogP) is 0.358. The number of ether oxygens (including phenoxy) is 1. The first-order chi connectivity index (χ1) is 4.54. The molecule has 0 heterocycles. The summed E-state index contributed by atoms with van der Waals surface area (Å²) in [7, 11) is 0. The highest BCUT2D eigenvalue weighted by molar-refractivity contribution is 5.74. The molecule has 0 radical (unpaired) electrons. The van der Waals surface area contributed by atoms with E-state index in [2.05, 4.69) is 4.74 Å². The average molecular weight is 152 g/mol. The van der Waals surface area contributed by atoms with Gasteiger partial charge in [0.05, 0.1) is 0 Å². The Bertz CT molecular complexity index is 96.3. The van der Waals surface area contributed by atoms with Crippen molar-refractivity contribution < 1.29 is 29.6 Å². The minimum absolute atomic E-state index is 0.250. The highest BCUT2D eigenvalue weighted by Gasteiger charge is 2.01. The van der Waals surface area contributed by atoms with Gasteiger partial charge in [0.2, 0.25) is 0 Å². The summed E-state index contributed by atoms with van der Waals surface area (Å²) in [5.41, 5.74) is 0. The molecule has 0 aliphatic rings. The molecule has 0 unspecified atom stereocenters. The van der Waals surface area contributed by atoms with Crippen LogP contribution in [0, 0.1) is 0 Å². The molecular weight excluding hydrogens is 144 g/mol. The Hall–Kier alpha value is -1.30. The van der Waals surface area contributed by atoms with E-state index in [1.807, 2.05) is 0 Å². The molecule has 6 heteroatoms. The first-order valence-electron chi connectivity index (χ1n) is 2.29. The van der Waals surface area contributed by atoms with Gasteiger partial charge in [-0.25, -0.2) is 9.59 Å². The van der Waals surface area contributed by atoms with Gasteiger partial charge in [-0.3, -0.25) is 0 Å². The summed E-state index contributed by atoms with van der Waals surface area (Å²) in [6.45, 7) is 1.93. The molecular formula is C4H8O6. The molecule has 0 aromatic carbocycles. The molecule has 0 spiro atoms. The van der Waals surface area contributed by atoms with Crippen molar-refractivity contribution in [3.63, 3.8) is 0 Å². The minimum Gasteiger partial charge on any atom is -0.449 e. The van der Waals surface area contributed by atoms with E-state index in [-0.39, 0.29) is 6.61 Å². The molecule has 0 rings (SSSR count). The maximum Gasteiger partial charge on any atom is 0.516 e. The van der Waals surface area contributed by atoms with Gasteiger partial charge < -0.3 is 20.1 Å². The lowest BCUT2D eigenvalue weighted by molar-refractivity contribution is 0.0802. The summed E-state index contributed by atoms with van der Waals surface area (Å²) in [5.74, 6) is 0. The quantitative estimate of drug-likeness (QED) is 0.342. The van der Waals surface area contributed by atoms with Crippen LogP contribution < -0.4 is 0 Å². The maximum atomic E-state index is 9.21.